The molecule has 1 aromatic carbocycles. The SMILES string of the molecule is C=C[C@@H](CO[Si](C)(C)C(C)(C)C)O[C@H](C=C)c1ccccc1. The summed E-state index contributed by atoms with van der Waals surface area (Å²) in [5, 5.41) is 0.190. The van der Waals surface area contributed by atoms with Gasteiger partial charge in [-0.15, -0.1) is 13.2 Å². The second kappa shape index (κ2) is 7.91. The molecule has 0 spiro atoms. The molecule has 0 aromatic heterocycles. The van der Waals surface area contributed by atoms with Gasteiger partial charge in [-0.1, -0.05) is 63.3 Å². The molecule has 0 aliphatic heterocycles. The third-order valence-electron chi connectivity index (χ3n) is 4.34. The molecular formula is C19H30O2Si. The first kappa shape index (κ1) is 18.9. The topological polar surface area (TPSA) is 18.5 Å². The van der Waals surface area contributed by atoms with Gasteiger partial charge in [-0.2, -0.15) is 0 Å². The van der Waals surface area contributed by atoms with Crippen LogP contribution in [0.1, 0.15) is 32.4 Å². The predicted molar refractivity (Wildman–Crippen MR) is 97.6 cm³/mol. The Balaban J connectivity index is 2.69. The maximum Gasteiger partial charge on any atom is 0.192 e. The predicted octanol–water partition coefficient (Wildman–Crippen LogP) is 5.51. The van der Waals surface area contributed by atoms with Gasteiger partial charge in [0, 0.05) is 0 Å². The molecule has 0 fully saturated rings. The lowest BCUT2D eigenvalue weighted by Crippen LogP contribution is -2.42. The van der Waals surface area contributed by atoms with Crippen LogP contribution in [0.5, 0.6) is 0 Å². The van der Waals surface area contributed by atoms with Crippen molar-refractivity contribution in [3.05, 3.63) is 61.2 Å². The van der Waals surface area contributed by atoms with Gasteiger partial charge in [-0.3, -0.25) is 0 Å². The molecule has 0 radical (unpaired) electrons. The van der Waals surface area contributed by atoms with Crippen molar-refractivity contribution >= 4 is 8.32 Å². The zero-order valence-corrected chi connectivity index (χ0v) is 15.6. The van der Waals surface area contributed by atoms with E-state index in [1.54, 1.807) is 0 Å². The van der Waals surface area contributed by atoms with Crippen LogP contribution in [0, 0.1) is 0 Å². The highest BCUT2D eigenvalue weighted by Crippen LogP contribution is 2.36. The molecule has 22 heavy (non-hydrogen) atoms. The zero-order chi connectivity index (χ0) is 16.8. The molecule has 0 heterocycles. The van der Waals surface area contributed by atoms with E-state index in [0.717, 1.165) is 5.56 Å². The van der Waals surface area contributed by atoms with Gasteiger partial charge in [-0.25, -0.2) is 0 Å². The minimum atomic E-state index is -1.78. The molecule has 0 amide bonds. The molecule has 0 saturated heterocycles. The number of benzene rings is 1. The minimum Gasteiger partial charge on any atom is -0.414 e. The van der Waals surface area contributed by atoms with Crippen LogP contribution in [0.4, 0.5) is 0 Å². The molecule has 0 aliphatic carbocycles. The van der Waals surface area contributed by atoms with E-state index in [9.17, 15) is 0 Å². The Bertz CT molecular complexity index is 474. The summed E-state index contributed by atoms with van der Waals surface area (Å²) < 4.78 is 12.3. The summed E-state index contributed by atoms with van der Waals surface area (Å²) in [5.74, 6) is 0. The lowest BCUT2D eigenvalue weighted by atomic mass is 10.1. The molecule has 2 atom stereocenters. The van der Waals surface area contributed by atoms with E-state index < -0.39 is 8.32 Å². The van der Waals surface area contributed by atoms with Gasteiger partial charge in [0.1, 0.15) is 6.10 Å². The molecule has 1 rings (SSSR count). The molecule has 0 bridgehead atoms. The third kappa shape index (κ3) is 5.23. The summed E-state index contributed by atoms with van der Waals surface area (Å²) in [7, 11) is -1.78. The van der Waals surface area contributed by atoms with E-state index in [0.29, 0.717) is 6.61 Å². The lowest BCUT2D eigenvalue weighted by molar-refractivity contribution is 0.0111. The number of ether oxygens (including phenoxy) is 1. The van der Waals surface area contributed by atoms with Crippen molar-refractivity contribution in [3.63, 3.8) is 0 Å². The van der Waals surface area contributed by atoms with Crippen molar-refractivity contribution in [3.8, 4) is 0 Å². The monoisotopic (exact) mass is 318 g/mol. The van der Waals surface area contributed by atoms with E-state index in [1.165, 1.54) is 0 Å². The Kier molecular flexibility index (Phi) is 6.79. The average molecular weight is 319 g/mol. The summed E-state index contributed by atoms with van der Waals surface area (Å²) in [6.07, 6.45) is 3.34. The Morgan fingerprint density at radius 1 is 1.09 bits per heavy atom. The molecule has 0 saturated carbocycles. The summed E-state index contributed by atoms with van der Waals surface area (Å²) in [6.45, 7) is 19.5. The smallest absolute Gasteiger partial charge is 0.192 e. The molecule has 3 heteroatoms. The Morgan fingerprint density at radius 2 is 1.68 bits per heavy atom. The average Bonchev–Trinajstić information content (AvgIpc) is 2.47. The molecule has 122 valence electrons. The van der Waals surface area contributed by atoms with Crippen LogP contribution < -0.4 is 0 Å². The zero-order valence-electron chi connectivity index (χ0n) is 14.6. The van der Waals surface area contributed by atoms with Crippen LogP contribution in [0.25, 0.3) is 0 Å². The first-order valence-corrected chi connectivity index (χ1v) is 10.7. The molecule has 0 aliphatic rings. The number of rotatable bonds is 8. The van der Waals surface area contributed by atoms with Gasteiger partial charge in [0.05, 0.1) is 12.7 Å². The highest BCUT2D eigenvalue weighted by molar-refractivity contribution is 6.74. The van der Waals surface area contributed by atoms with E-state index in [2.05, 4.69) is 47.0 Å². The van der Waals surface area contributed by atoms with Crippen molar-refractivity contribution in [1.82, 2.24) is 0 Å². The maximum atomic E-state index is 6.24. The Labute approximate surface area is 137 Å². The maximum absolute atomic E-state index is 6.24. The summed E-state index contributed by atoms with van der Waals surface area (Å²) in [5.41, 5.74) is 1.09. The highest BCUT2D eigenvalue weighted by atomic mass is 28.4. The fourth-order valence-electron chi connectivity index (χ4n) is 1.77. The summed E-state index contributed by atoms with van der Waals surface area (Å²) >= 11 is 0. The van der Waals surface area contributed by atoms with Gasteiger partial charge in [0.15, 0.2) is 8.32 Å². The molecule has 2 nitrogen and oxygen atoms in total. The van der Waals surface area contributed by atoms with E-state index in [1.807, 2.05) is 42.5 Å². The van der Waals surface area contributed by atoms with E-state index >= 15 is 0 Å². The number of hydrogen-bond donors (Lipinski definition) is 0. The second-order valence-corrected chi connectivity index (χ2v) is 11.9. The van der Waals surface area contributed by atoms with E-state index in [4.69, 9.17) is 9.16 Å². The van der Waals surface area contributed by atoms with Crippen molar-refractivity contribution in [2.24, 2.45) is 0 Å². The Morgan fingerprint density at radius 3 is 2.14 bits per heavy atom. The third-order valence-corrected chi connectivity index (χ3v) is 8.84. The lowest BCUT2D eigenvalue weighted by Gasteiger charge is -2.37. The Hall–Kier alpha value is -1.16. The van der Waals surface area contributed by atoms with Crippen LogP contribution in [0.15, 0.2) is 55.6 Å². The number of hydrogen-bond acceptors (Lipinski definition) is 2. The fourth-order valence-corrected chi connectivity index (χ4v) is 2.79. The van der Waals surface area contributed by atoms with Crippen LogP contribution in [0.3, 0.4) is 0 Å². The van der Waals surface area contributed by atoms with Gasteiger partial charge in [0.2, 0.25) is 0 Å². The van der Waals surface area contributed by atoms with Crippen LogP contribution in [-0.4, -0.2) is 21.0 Å². The minimum absolute atomic E-state index is 0.141. The second-order valence-electron chi connectivity index (χ2n) is 7.05. The van der Waals surface area contributed by atoms with Gasteiger partial charge < -0.3 is 9.16 Å². The van der Waals surface area contributed by atoms with E-state index in [-0.39, 0.29) is 17.2 Å². The van der Waals surface area contributed by atoms with Crippen LogP contribution in [0.2, 0.25) is 18.1 Å². The standard InChI is InChI=1S/C19H30O2Si/c1-8-17(15-20-22(6,7)19(3,4)5)21-18(9-2)16-13-11-10-12-14-16/h8-14,17-18H,1-2,15H2,3-7H3/t17-,18+/m0/s1. The van der Waals surface area contributed by atoms with Crippen LogP contribution >= 0.6 is 0 Å². The fraction of sp³-hybridized carbons (Fsp3) is 0.474. The molecule has 0 unspecified atom stereocenters. The summed E-state index contributed by atoms with van der Waals surface area (Å²) in [6, 6.07) is 10.1. The highest BCUT2D eigenvalue weighted by Gasteiger charge is 2.37. The first-order valence-electron chi connectivity index (χ1n) is 7.80. The van der Waals surface area contributed by atoms with Gasteiger partial charge in [-0.05, 0) is 23.7 Å². The van der Waals surface area contributed by atoms with Crippen LogP contribution in [-0.2, 0) is 9.16 Å². The van der Waals surface area contributed by atoms with Gasteiger partial charge in [0.25, 0.3) is 0 Å². The normalized spacial score (nSPS) is 15.1. The molecule has 0 N–H and O–H groups in total. The van der Waals surface area contributed by atoms with Crippen molar-refractivity contribution in [2.75, 3.05) is 6.61 Å². The largest absolute Gasteiger partial charge is 0.414 e. The molecular weight excluding hydrogens is 288 g/mol. The molecule has 1 aromatic rings. The summed E-state index contributed by atoms with van der Waals surface area (Å²) in [4.78, 5) is 0. The first-order chi connectivity index (χ1) is 10.2. The van der Waals surface area contributed by atoms with Gasteiger partial charge >= 0.3 is 0 Å². The van der Waals surface area contributed by atoms with Crippen molar-refractivity contribution < 1.29 is 9.16 Å². The van der Waals surface area contributed by atoms with Crippen molar-refractivity contribution in [2.45, 2.75) is 51.1 Å². The van der Waals surface area contributed by atoms with Crippen molar-refractivity contribution in [1.29, 1.82) is 0 Å². The quantitative estimate of drug-likeness (QED) is 0.465.